The second-order valence-corrected chi connectivity index (χ2v) is 9.36. The van der Waals surface area contributed by atoms with Crippen LogP contribution in [0.15, 0.2) is 48.5 Å². The van der Waals surface area contributed by atoms with E-state index in [0.717, 1.165) is 46.3 Å². The Balaban J connectivity index is 0.00000176. The number of aromatic nitrogens is 1. The van der Waals surface area contributed by atoms with Crippen LogP contribution in [0, 0.1) is 12.8 Å². The summed E-state index contributed by atoms with van der Waals surface area (Å²) < 4.78 is 6.08. The van der Waals surface area contributed by atoms with Gasteiger partial charge < -0.3 is 4.74 Å². The number of ether oxygens (including phenoxy) is 1. The molecule has 0 radical (unpaired) electrons. The minimum Gasteiger partial charge on any atom is -0.493 e. The summed E-state index contributed by atoms with van der Waals surface area (Å²) in [5, 5.41) is 1.73. The molecule has 0 aliphatic carbocycles. The Kier molecular flexibility index (Phi) is 11.0. The van der Waals surface area contributed by atoms with Crippen LogP contribution >= 0.6 is 22.9 Å². The average molecular weight is 470 g/mol. The molecule has 0 amide bonds. The number of thiazole rings is 1. The van der Waals surface area contributed by atoms with Crippen molar-refractivity contribution in [2.45, 2.75) is 60.8 Å². The van der Waals surface area contributed by atoms with Gasteiger partial charge in [0.1, 0.15) is 10.8 Å². The molecular weight excluding hydrogens is 434 g/mol. The van der Waals surface area contributed by atoms with E-state index in [1.165, 1.54) is 16.0 Å². The molecule has 3 rings (SSSR count). The fourth-order valence-electron chi connectivity index (χ4n) is 3.23. The smallest absolute Gasteiger partial charge is 0.125 e. The van der Waals surface area contributed by atoms with Gasteiger partial charge in [-0.3, -0.25) is 0 Å². The van der Waals surface area contributed by atoms with Crippen molar-refractivity contribution in [2.24, 2.45) is 5.92 Å². The Bertz CT molecular complexity index is 1010. The van der Waals surface area contributed by atoms with Crippen molar-refractivity contribution in [3.8, 4) is 16.3 Å². The molecule has 0 aliphatic heterocycles. The number of hydrogen-bond donors (Lipinski definition) is 0. The van der Waals surface area contributed by atoms with Crippen LogP contribution < -0.4 is 4.74 Å². The normalized spacial score (nSPS) is 11.0. The molecule has 0 aliphatic rings. The number of hydrogen-bond acceptors (Lipinski definition) is 3. The van der Waals surface area contributed by atoms with Crippen molar-refractivity contribution in [3.05, 3.63) is 75.3 Å². The highest BCUT2D eigenvalue weighted by molar-refractivity contribution is 7.15. The van der Waals surface area contributed by atoms with E-state index in [2.05, 4.69) is 52.0 Å². The zero-order chi connectivity index (χ0) is 23.5. The molecule has 0 saturated heterocycles. The molecule has 0 atom stereocenters. The Labute approximate surface area is 203 Å². The summed E-state index contributed by atoms with van der Waals surface area (Å²) in [6.07, 6.45) is 7.29. The first kappa shape index (κ1) is 26.2. The molecule has 0 N–H and O–H groups in total. The van der Waals surface area contributed by atoms with Gasteiger partial charge in [-0.1, -0.05) is 82.6 Å². The molecule has 172 valence electrons. The first-order valence-corrected chi connectivity index (χ1v) is 12.8. The number of rotatable bonds is 9. The molecule has 0 spiro atoms. The SMILES string of the molecule is CC.CCc1sc(-c2ccccc2Cl)nc1CCOc1ccc(C)c(/C=C\CC(C)C)c1. The van der Waals surface area contributed by atoms with E-state index in [0.29, 0.717) is 12.5 Å². The molecule has 3 aromatic rings. The lowest BCUT2D eigenvalue weighted by molar-refractivity contribution is 0.320. The maximum absolute atomic E-state index is 6.37. The summed E-state index contributed by atoms with van der Waals surface area (Å²) in [5.74, 6) is 1.58. The van der Waals surface area contributed by atoms with E-state index < -0.39 is 0 Å². The van der Waals surface area contributed by atoms with Crippen LogP contribution in [0.4, 0.5) is 0 Å². The van der Waals surface area contributed by atoms with Gasteiger partial charge in [0, 0.05) is 16.9 Å². The summed E-state index contributed by atoms with van der Waals surface area (Å²) in [4.78, 5) is 6.18. The summed E-state index contributed by atoms with van der Waals surface area (Å²) in [6, 6.07) is 14.2. The lowest BCUT2D eigenvalue weighted by Gasteiger charge is -2.09. The highest BCUT2D eigenvalue weighted by Gasteiger charge is 2.13. The highest BCUT2D eigenvalue weighted by Crippen LogP contribution is 2.33. The molecule has 0 fully saturated rings. The Morgan fingerprint density at radius 1 is 1.12 bits per heavy atom. The lowest BCUT2D eigenvalue weighted by atomic mass is 10.1. The zero-order valence-electron chi connectivity index (χ0n) is 20.2. The minimum absolute atomic E-state index is 0.608. The first-order chi connectivity index (χ1) is 15.5. The van der Waals surface area contributed by atoms with Crippen LogP contribution in [0.1, 0.15) is 62.7 Å². The molecule has 2 nitrogen and oxygen atoms in total. The van der Waals surface area contributed by atoms with Gasteiger partial charge in [-0.15, -0.1) is 11.3 Å². The first-order valence-electron chi connectivity index (χ1n) is 11.6. The van der Waals surface area contributed by atoms with Gasteiger partial charge in [0.25, 0.3) is 0 Å². The maximum atomic E-state index is 6.37. The van der Waals surface area contributed by atoms with Crippen LogP contribution in [-0.2, 0) is 12.8 Å². The number of halogens is 1. The molecule has 0 saturated carbocycles. The van der Waals surface area contributed by atoms with Crippen LogP contribution in [0.2, 0.25) is 5.02 Å². The summed E-state index contributed by atoms with van der Waals surface area (Å²) in [7, 11) is 0. The molecule has 2 aromatic carbocycles. The Hall–Kier alpha value is -2.10. The van der Waals surface area contributed by atoms with Crippen molar-refractivity contribution in [1.29, 1.82) is 0 Å². The van der Waals surface area contributed by atoms with E-state index in [4.69, 9.17) is 21.3 Å². The topological polar surface area (TPSA) is 22.1 Å². The van der Waals surface area contributed by atoms with E-state index in [9.17, 15) is 0 Å². The van der Waals surface area contributed by atoms with Gasteiger partial charge >= 0.3 is 0 Å². The fraction of sp³-hybridized carbons (Fsp3) is 0.393. The van der Waals surface area contributed by atoms with Gasteiger partial charge in [0.2, 0.25) is 0 Å². The van der Waals surface area contributed by atoms with Gasteiger partial charge in [-0.2, -0.15) is 0 Å². The standard InChI is InChI=1S/C26H30ClNOS.C2H6/c1-5-25-24(28-26(30-25)22-11-6-7-12-23(22)27)15-16-29-21-14-13-19(4)20(17-21)10-8-9-18(2)3;1-2/h6-8,10-14,17-18H,5,9,15-16H2,1-4H3;1-2H3/b10-8-;. The quantitative estimate of drug-likeness (QED) is 0.311. The number of aryl methyl sites for hydroxylation is 2. The van der Waals surface area contributed by atoms with Crippen LogP contribution in [0.3, 0.4) is 0 Å². The average Bonchev–Trinajstić information content (AvgIpc) is 3.20. The van der Waals surface area contributed by atoms with Crippen LogP contribution in [0.5, 0.6) is 5.75 Å². The van der Waals surface area contributed by atoms with E-state index in [-0.39, 0.29) is 0 Å². The van der Waals surface area contributed by atoms with Crippen molar-refractivity contribution >= 4 is 29.0 Å². The van der Waals surface area contributed by atoms with Crippen molar-refractivity contribution in [3.63, 3.8) is 0 Å². The third kappa shape index (κ3) is 7.50. The van der Waals surface area contributed by atoms with Gasteiger partial charge in [0.15, 0.2) is 0 Å². The van der Waals surface area contributed by atoms with Crippen molar-refractivity contribution in [1.82, 2.24) is 4.98 Å². The van der Waals surface area contributed by atoms with E-state index in [1.807, 2.05) is 44.2 Å². The molecule has 4 heteroatoms. The van der Waals surface area contributed by atoms with Gasteiger partial charge in [-0.25, -0.2) is 4.98 Å². The molecule has 32 heavy (non-hydrogen) atoms. The minimum atomic E-state index is 0.608. The molecular formula is C28H36ClNOS. The number of nitrogens with zero attached hydrogens (tertiary/aromatic N) is 1. The largest absolute Gasteiger partial charge is 0.493 e. The van der Waals surface area contributed by atoms with Gasteiger partial charge in [0.05, 0.1) is 17.3 Å². The molecule has 1 heterocycles. The fourth-order valence-corrected chi connectivity index (χ4v) is 4.59. The second kappa shape index (κ2) is 13.4. The maximum Gasteiger partial charge on any atom is 0.125 e. The van der Waals surface area contributed by atoms with Gasteiger partial charge in [-0.05, 0) is 55.0 Å². The number of allylic oxidation sites excluding steroid dienone is 1. The van der Waals surface area contributed by atoms with Crippen molar-refractivity contribution < 1.29 is 4.74 Å². The molecule has 0 unspecified atom stereocenters. The predicted octanol–water partition coefficient (Wildman–Crippen LogP) is 9.04. The van der Waals surface area contributed by atoms with E-state index >= 15 is 0 Å². The van der Waals surface area contributed by atoms with Crippen molar-refractivity contribution in [2.75, 3.05) is 6.61 Å². The summed E-state index contributed by atoms with van der Waals surface area (Å²) in [5.41, 5.74) is 4.60. The predicted molar refractivity (Wildman–Crippen MR) is 142 cm³/mol. The third-order valence-electron chi connectivity index (χ3n) is 4.97. The van der Waals surface area contributed by atoms with Crippen LogP contribution in [0.25, 0.3) is 16.6 Å². The summed E-state index contributed by atoms with van der Waals surface area (Å²) >= 11 is 8.09. The highest BCUT2D eigenvalue weighted by atomic mass is 35.5. The van der Waals surface area contributed by atoms with E-state index in [1.54, 1.807) is 11.3 Å². The Morgan fingerprint density at radius 2 is 1.88 bits per heavy atom. The second-order valence-electron chi connectivity index (χ2n) is 7.87. The Morgan fingerprint density at radius 3 is 2.56 bits per heavy atom. The summed E-state index contributed by atoms with van der Waals surface area (Å²) in [6.45, 7) is 13.4. The monoisotopic (exact) mass is 469 g/mol. The molecule has 0 bridgehead atoms. The lowest BCUT2D eigenvalue weighted by Crippen LogP contribution is -2.03. The zero-order valence-corrected chi connectivity index (χ0v) is 21.8. The number of benzene rings is 2. The van der Waals surface area contributed by atoms with Crippen LogP contribution in [-0.4, -0.2) is 11.6 Å². The molecule has 1 aromatic heterocycles. The third-order valence-corrected chi connectivity index (χ3v) is 6.57.